The van der Waals surface area contributed by atoms with Gasteiger partial charge in [-0.25, -0.2) is 0 Å². The van der Waals surface area contributed by atoms with E-state index in [1.165, 1.54) is 0 Å². The fourth-order valence-electron chi connectivity index (χ4n) is 0.887. The highest BCUT2D eigenvalue weighted by atomic mass is 31.2. The zero-order valence-electron chi connectivity index (χ0n) is 7.39. The topological polar surface area (TPSA) is 185 Å². The highest BCUT2D eigenvalue weighted by Gasteiger charge is 2.62. The van der Waals surface area contributed by atoms with Gasteiger partial charge in [-0.3, -0.25) is 9.13 Å². The van der Waals surface area contributed by atoms with E-state index >= 15 is 0 Å². The Kier molecular flexibility index (Phi) is 4.37. The largest absolute Gasteiger partial charge is 0.371 e. The van der Waals surface area contributed by atoms with Gasteiger partial charge in [0.2, 0.25) is 0 Å². The van der Waals surface area contributed by atoms with Crippen molar-refractivity contribution in [3.05, 3.63) is 0 Å². The molecule has 8 N–H and O–H groups in total. The summed E-state index contributed by atoms with van der Waals surface area (Å²) in [5.41, 5.74) is 5.05. The summed E-state index contributed by atoms with van der Waals surface area (Å²) < 4.78 is 21.6. The Morgan fingerprint density at radius 2 is 1.60 bits per heavy atom. The second-order valence-electron chi connectivity index (χ2n) is 2.82. The molecule has 90 valence electrons. The van der Waals surface area contributed by atoms with Gasteiger partial charge in [-0.2, -0.15) is 0 Å². The van der Waals surface area contributed by atoms with Crippen molar-refractivity contribution in [3.8, 4) is 0 Å². The van der Waals surface area contributed by atoms with E-state index in [2.05, 4.69) is 0 Å². The normalized spacial score (nSPS) is 16.1. The van der Waals surface area contributed by atoms with Crippen molar-refractivity contribution in [1.29, 1.82) is 5.41 Å². The van der Waals surface area contributed by atoms with Crippen LogP contribution in [0.25, 0.3) is 0 Å². The van der Waals surface area contributed by atoms with Crippen molar-refractivity contribution in [3.63, 3.8) is 0 Å². The molecule has 0 saturated heterocycles. The molecule has 11 heteroatoms. The summed E-state index contributed by atoms with van der Waals surface area (Å²) in [4.78, 5) is 34.7. The van der Waals surface area contributed by atoms with E-state index < -0.39 is 32.7 Å². The van der Waals surface area contributed by atoms with E-state index in [4.69, 9.17) is 30.7 Å². The van der Waals surface area contributed by atoms with Crippen LogP contribution in [0.1, 0.15) is 6.42 Å². The third kappa shape index (κ3) is 2.72. The van der Waals surface area contributed by atoms with Crippen molar-refractivity contribution in [2.24, 2.45) is 5.73 Å². The molecule has 0 aliphatic heterocycles. The van der Waals surface area contributed by atoms with Crippen molar-refractivity contribution in [1.82, 2.24) is 0 Å². The standard InChI is InChI=1S/C4H12N2O7P2/c5-2-1-3(6)4(7,14(8,9)10)15(11,12)13/h2-3,5,7H,1,6H2,(H2,8,9,10)(H2,11,12,13). The molecule has 0 spiro atoms. The van der Waals surface area contributed by atoms with Crippen LogP contribution < -0.4 is 5.73 Å². The van der Waals surface area contributed by atoms with Crippen molar-refractivity contribution >= 4 is 21.4 Å². The summed E-state index contributed by atoms with van der Waals surface area (Å²) in [6.07, 6.45) is 0.00762. The molecule has 1 atom stereocenters. The first-order valence-corrected chi connectivity index (χ1v) is 6.79. The van der Waals surface area contributed by atoms with Crippen LogP contribution in [-0.4, -0.2) is 42.0 Å². The van der Waals surface area contributed by atoms with E-state index in [1.54, 1.807) is 0 Å². The number of rotatable bonds is 5. The second-order valence-corrected chi connectivity index (χ2v) is 6.71. The molecule has 0 radical (unpaired) electrons. The second kappa shape index (κ2) is 4.40. The maximum Gasteiger partial charge on any atom is 0.371 e. The summed E-state index contributed by atoms with van der Waals surface area (Å²) in [6.45, 7) is 0. The molecule has 15 heavy (non-hydrogen) atoms. The van der Waals surface area contributed by atoms with Crippen LogP contribution in [0.15, 0.2) is 0 Å². The van der Waals surface area contributed by atoms with Gasteiger partial charge in [0.15, 0.2) is 0 Å². The van der Waals surface area contributed by atoms with Crippen molar-refractivity contribution in [2.75, 3.05) is 0 Å². The average molecular weight is 262 g/mol. The lowest BCUT2D eigenvalue weighted by Crippen LogP contribution is -2.47. The molecular formula is C4H12N2O7P2. The Balaban J connectivity index is 5.53. The third-order valence-corrected chi connectivity index (χ3v) is 5.67. The third-order valence-electron chi connectivity index (χ3n) is 1.73. The molecule has 0 rings (SSSR count). The van der Waals surface area contributed by atoms with Gasteiger partial charge in [0.25, 0.3) is 5.08 Å². The van der Waals surface area contributed by atoms with Crippen LogP contribution in [0.2, 0.25) is 0 Å². The van der Waals surface area contributed by atoms with Gasteiger partial charge in [0.05, 0.1) is 6.04 Å². The maximum absolute atomic E-state index is 10.8. The van der Waals surface area contributed by atoms with Crippen molar-refractivity contribution < 1.29 is 33.8 Å². The minimum atomic E-state index is -5.53. The highest BCUT2D eigenvalue weighted by Crippen LogP contribution is 2.68. The monoisotopic (exact) mass is 262 g/mol. The fraction of sp³-hybridized carbons (Fsp3) is 0.750. The maximum atomic E-state index is 10.8. The molecule has 0 aliphatic carbocycles. The Labute approximate surface area is 84.8 Å². The summed E-state index contributed by atoms with van der Waals surface area (Å²) in [5.74, 6) is 0. The fourth-order valence-corrected chi connectivity index (χ4v) is 3.32. The van der Waals surface area contributed by atoms with Crippen LogP contribution in [0.4, 0.5) is 0 Å². The number of nitrogens with one attached hydrogen (secondary N) is 1. The zero-order valence-corrected chi connectivity index (χ0v) is 9.18. The van der Waals surface area contributed by atoms with E-state index in [0.29, 0.717) is 6.21 Å². The van der Waals surface area contributed by atoms with Crippen LogP contribution in [0.3, 0.4) is 0 Å². The molecule has 0 aliphatic rings. The summed E-state index contributed by atoms with van der Waals surface area (Å²) in [7, 11) is -11.1. The smallest absolute Gasteiger partial charge is 0.366 e. The first-order chi connectivity index (χ1) is 6.48. The van der Waals surface area contributed by atoms with Crippen LogP contribution >= 0.6 is 15.2 Å². The minimum absolute atomic E-state index is 0.577. The highest BCUT2D eigenvalue weighted by molar-refractivity contribution is 7.72. The van der Waals surface area contributed by atoms with Gasteiger partial charge in [-0.15, -0.1) is 0 Å². The summed E-state index contributed by atoms with van der Waals surface area (Å²) in [5, 5.41) is 12.3. The average Bonchev–Trinajstić information content (AvgIpc) is 1.99. The number of aliphatic hydroxyl groups is 1. The Bertz CT molecular complexity index is 310. The predicted molar refractivity (Wildman–Crippen MR) is 50.4 cm³/mol. The summed E-state index contributed by atoms with van der Waals surface area (Å²) >= 11 is 0. The van der Waals surface area contributed by atoms with E-state index in [1.807, 2.05) is 0 Å². The number of hydrogen-bond acceptors (Lipinski definition) is 5. The van der Waals surface area contributed by atoms with Crippen LogP contribution in [-0.2, 0) is 9.13 Å². The molecule has 0 bridgehead atoms. The van der Waals surface area contributed by atoms with Gasteiger partial charge in [-0.05, 0) is 6.21 Å². The molecule has 9 nitrogen and oxygen atoms in total. The van der Waals surface area contributed by atoms with E-state index in [0.717, 1.165) is 0 Å². The van der Waals surface area contributed by atoms with Crippen LogP contribution in [0, 0.1) is 5.41 Å². The molecule has 0 amide bonds. The van der Waals surface area contributed by atoms with E-state index in [-0.39, 0.29) is 0 Å². The van der Waals surface area contributed by atoms with Gasteiger partial charge in [0.1, 0.15) is 0 Å². The molecule has 0 aromatic carbocycles. The number of hydrogen-bond donors (Lipinski definition) is 7. The van der Waals surface area contributed by atoms with Gasteiger partial charge in [0, 0.05) is 6.42 Å². The Morgan fingerprint density at radius 3 is 1.80 bits per heavy atom. The molecule has 0 fully saturated rings. The molecular weight excluding hydrogens is 250 g/mol. The minimum Gasteiger partial charge on any atom is -0.366 e. The van der Waals surface area contributed by atoms with Crippen LogP contribution in [0.5, 0.6) is 0 Å². The van der Waals surface area contributed by atoms with Gasteiger partial charge >= 0.3 is 15.2 Å². The summed E-state index contributed by atoms with van der Waals surface area (Å²) in [6, 6.07) is -1.93. The van der Waals surface area contributed by atoms with Gasteiger partial charge in [-0.1, -0.05) is 0 Å². The first kappa shape index (κ1) is 14.9. The molecule has 0 heterocycles. The quantitative estimate of drug-likeness (QED) is 0.227. The Morgan fingerprint density at radius 1 is 1.27 bits per heavy atom. The lowest BCUT2D eigenvalue weighted by molar-refractivity contribution is 0.110. The lowest BCUT2D eigenvalue weighted by Gasteiger charge is -2.33. The molecule has 0 aromatic rings. The molecule has 1 unspecified atom stereocenters. The molecule has 0 aromatic heterocycles. The van der Waals surface area contributed by atoms with E-state index in [9.17, 15) is 14.2 Å². The van der Waals surface area contributed by atoms with Crippen molar-refractivity contribution in [2.45, 2.75) is 17.5 Å². The Hall–Kier alpha value is -0.110. The number of nitrogens with two attached hydrogens (primary N) is 1. The van der Waals surface area contributed by atoms with Gasteiger partial charge < -0.3 is 35.8 Å². The lowest BCUT2D eigenvalue weighted by atomic mass is 10.2. The SMILES string of the molecule is N=CCC(N)C(O)(P(=O)(O)O)P(=O)(O)O. The first-order valence-electron chi connectivity index (χ1n) is 3.56. The molecule has 0 saturated carbocycles. The predicted octanol–water partition coefficient (Wildman–Crippen LogP) is -1.65. The zero-order chi connectivity index (χ0) is 12.5.